The fraction of sp³-hybridized carbons (Fsp3) is 0.636. The summed E-state index contributed by atoms with van der Waals surface area (Å²) in [5, 5.41) is 29.1. The molecule has 1 aromatic rings. The van der Waals surface area contributed by atoms with Crippen molar-refractivity contribution in [2.75, 3.05) is 7.11 Å². The SMILES string of the molecule is COc1cn(C2OC(C(C)O)C(O)C2O)c(=O)[nH]c1=O. The van der Waals surface area contributed by atoms with Crippen LogP contribution in [0.2, 0.25) is 0 Å². The molecule has 2 rings (SSSR count). The van der Waals surface area contributed by atoms with Gasteiger partial charge in [0.15, 0.2) is 6.23 Å². The number of ether oxygens (including phenoxy) is 2. The van der Waals surface area contributed by atoms with E-state index in [2.05, 4.69) is 0 Å². The van der Waals surface area contributed by atoms with Crippen molar-refractivity contribution in [2.24, 2.45) is 0 Å². The Bertz CT molecular complexity index is 593. The molecule has 1 aromatic heterocycles. The lowest BCUT2D eigenvalue weighted by atomic mass is 10.1. The van der Waals surface area contributed by atoms with Crippen LogP contribution in [0.4, 0.5) is 0 Å². The van der Waals surface area contributed by atoms with E-state index in [-0.39, 0.29) is 5.75 Å². The van der Waals surface area contributed by atoms with E-state index < -0.39 is 41.9 Å². The number of rotatable bonds is 3. The molecule has 9 heteroatoms. The van der Waals surface area contributed by atoms with E-state index in [1.54, 1.807) is 0 Å². The molecule has 5 unspecified atom stereocenters. The standard InChI is InChI=1S/C11H16N2O7/c1-4(14)8-6(15)7(16)10(20-8)13-3-5(19-2)9(17)12-11(13)18/h3-4,6-8,10,14-16H,1-2H3,(H,12,17,18). The van der Waals surface area contributed by atoms with Crippen LogP contribution >= 0.6 is 0 Å². The van der Waals surface area contributed by atoms with E-state index in [4.69, 9.17) is 9.47 Å². The molecule has 9 nitrogen and oxygen atoms in total. The zero-order chi connectivity index (χ0) is 15.0. The molecular weight excluding hydrogens is 272 g/mol. The van der Waals surface area contributed by atoms with Crippen molar-refractivity contribution in [2.45, 2.75) is 37.6 Å². The Hall–Kier alpha value is -1.68. The highest BCUT2D eigenvalue weighted by Gasteiger charge is 2.46. The Labute approximate surface area is 113 Å². The summed E-state index contributed by atoms with van der Waals surface area (Å²) in [6.45, 7) is 1.39. The van der Waals surface area contributed by atoms with Gasteiger partial charge in [0.1, 0.15) is 18.3 Å². The summed E-state index contributed by atoms with van der Waals surface area (Å²) in [5.41, 5.74) is -1.54. The van der Waals surface area contributed by atoms with Crippen molar-refractivity contribution in [3.05, 3.63) is 27.0 Å². The highest BCUT2D eigenvalue weighted by molar-refractivity contribution is 5.12. The van der Waals surface area contributed by atoms with Crippen LogP contribution < -0.4 is 16.0 Å². The first kappa shape index (κ1) is 14.7. The van der Waals surface area contributed by atoms with Gasteiger partial charge in [0.05, 0.1) is 19.4 Å². The molecule has 20 heavy (non-hydrogen) atoms. The van der Waals surface area contributed by atoms with Crippen LogP contribution in [0.3, 0.4) is 0 Å². The monoisotopic (exact) mass is 288 g/mol. The summed E-state index contributed by atoms with van der Waals surface area (Å²) in [6, 6.07) is 0. The zero-order valence-electron chi connectivity index (χ0n) is 10.9. The average molecular weight is 288 g/mol. The van der Waals surface area contributed by atoms with E-state index >= 15 is 0 Å². The number of aromatic nitrogens is 2. The normalized spacial score (nSPS) is 31.2. The third kappa shape index (κ3) is 2.36. The van der Waals surface area contributed by atoms with Gasteiger partial charge in [-0.1, -0.05) is 0 Å². The highest BCUT2D eigenvalue weighted by Crippen LogP contribution is 2.30. The summed E-state index contributed by atoms with van der Waals surface area (Å²) in [6.07, 6.45) is -5.02. The first-order valence-electron chi connectivity index (χ1n) is 5.96. The first-order valence-corrected chi connectivity index (χ1v) is 5.96. The molecule has 0 saturated carbocycles. The van der Waals surface area contributed by atoms with Crippen LogP contribution in [0.5, 0.6) is 5.75 Å². The molecule has 0 amide bonds. The second-order valence-electron chi connectivity index (χ2n) is 4.58. The van der Waals surface area contributed by atoms with Crippen LogP contribution in [0.1, 0.15) is 13.2 Å². The predicted octanol–water partition coefficient (Wildman–Crippen LogP) is -2.45. The van der Waals surface area contributed by atoms with E-state index in [1.165, 1.54) is 14.0 Å². The summed E-state index contributed by atoms with van der Waals surface area (Å²) >= 11 is 0. The predicted molar refractivity (Wildman–Crippen MR) is 65.5 cm³/mol. The topological polar surface area (TPSA) is 134 Å². The van der Waals surface area contributed by atoms with Gasteiger partial charge in [-0.3, -0.25) is 14.3 Å². The molecular formula is C11H16N2O7. The molecule has 1 aliphatic rings. The summed E-state index contributed by atoms with van der Waals surface area (Å²) in [5.74, 6) is -0.143. The third-order valence-corrected chi connectivity index (χ3v) is 3.18. The smallest absolute Gasteiger partial charge is 0.330 e. The van der Waals surface area contributed by atoms with Gasteiger partial charge in [-0.15, -0.1) is 0 Å². The quantitative estimate of drug-likeness (QED) is 0.485. The van der Waals surface area contributed by atoms with Crippen LogP contribution in [0, 0.1) is 0 Å². The molecule has 0 aromatic carbocycles. The molecule has 1 fully saturated rings. The van der Waals surface area contributed by atoms with Gasteiger partial charge in [0, 0.05) is 0 Å². The van der Waals surface area contributed by atoms with Gasteiger partial charge >= 0.3 is 5.69 Å². The number of nitrogens with one attached hydrogen (secondary N) is 1. The Balaban J connectivity index is 2.42. The van der Waals surface area contributed by atoms with Crippen LogP contribution in [-0.2, 0) is 4.74 Å². The minimum atomic E-state index is -1.43. The number of aromatic amines is 1. The molecule has 2 heterocycles. The lowest BCUT2D eigenvalue weighted by Gasteiger charge is -2.18. The Morgan fingerprint density at radius 1 is 1.40 bits per heavy atom. The third-order valence-electron chi connectivity index (χ3n) is 3.18. The van der Waals surface area contributed by atoms with Crippen LogP contribution in [-0.4, -0.2) is 56.4 Å². The Morgan fingerprint density at radius 3 is 2.55 bits per heavy atom. The number of methoxy groups -OCH3 is 1. The Kier molecular flexibility index (Phi) is 3.95. The van der Waals surface area contributed by atoms with Crippen molar-refractivity contribution >= 4 is 0 Å². The van der Waals surface area contributed by atoms with Gasteiger partial charge in [-0.25, -0.2) is 4.79 Å². The molecule has 5 atom stereocenters. The zero-order valence-corrected chi connectivity index (χ0v) is 10.9. The largest absolute Gasteiger partial charge is 0.490 e. The number of aliphatic hydroxyl groups excluding tert-OH is 3. The van der Waals surface area contributed by atoms with Gasteiger partial charge in [-0.05, 0) is 6.92 Å². The first-order chi connectivity index (χ1) is 9.36. The van der Waals surface area contributed by atoms with Crippen LogP contribution in [0.15, 0.2) is 15.8 Å². The molecule has 1 saturated heterocycles. The molecule has 0 bridgehead atoms. The average Bonchev–Trinajstić information content (AvgIpc) is 2.67. The minimum absolute atomic E-state index is 0.143. The molecule has 0 radical (unpaired) electrons. The van der Waals surface area contributed by atoms with Crippen molar-refractivity contribution in [1.82, 2.24) is 9.55 Å². The maximum atomic E-state index is 11.7. The van der Waals surface area contributed by atoms with Crippen LogP contribution in [0.25, 0.3) is 0 Å². The number of hydrogen-bond donors (Lipinski definition) is 4. The summed E-state index contributed by atoms with van der Waals surface area (Å²) in [4.78, 5) is 25.1. The van der Waals surface area contributed by atoms with E-state index in [0.29, 0.717) is 0 Å². The van der Waals surface area contributed by atoms with Crippen molar-refractivity contribution in [3.63, 3.8) is 0 Å². The van der Waals surface area contributed by atoms with Crippen molar-refractivity contribution in [1.29, 1.82) is 0 Å². The lowest BCUT2D eigenvalue weighted by molar-refractivity contribution is -0.0805. The maximum Gasteiger partial charge on any atom is 0.330 e. The summed E-state index contributed by atoms with van der Waals surface area (Å²) in [7, 11) is 1.25. The van der Waals surface area contributed by atoms with Crippen molar-refractivity contribution in [3.8, 4) is 5.75 Å². The fourth-order valence-electron chi connectivity index (χ4n) is 2.12. The lowest BCUT2D eigenvalue weighted by Crippen LogP contribution is -2.39. The molecule has 0 spiro atoms. The van der Waals surface area contributed by atoms with Gasteiger partial charge in [0.2, 0.25) is 5.75 Å². The van der Waals surface area contributed by atoms with Gasteiger partial charge < -0.3 is 24.8 Å². The number of H-pyrrole nitrogens is 1. The fourth-order valence-corrected chi connectivity index (χ4v) is 2.12. The van der Waals surface area contributed by atoms with E-state index in [1.807, 2.05) is 4.98 Å². The number of aliphatic hydroxyl groups is 3. The maximum absolute atomic E-state index is 11.7. The molecule has 4 N–H and O–H groups in total. The second-order valence-corrected chi connectivity index (χ2v) is 4.58. The number of nitrogens with zero attached hydrogens (tertiary/aromatic N) is 1. The molecule has 112 valence electrons. The van der Waals surface area contributed by atoms with Gasteiger partial charge in [-0.2, -0.15) is 0 Å². The highest BCUT2D eigenvalue weighted by atomic mass is 16.6. The Morgan fingerprint density at radius 2 is 2.05 bits per heavy atom. The van der Waals surface area contributed by atoms with Gasteiger partial charge in [0.25, 0.3) is 5.56 Å². The van der Waals surface area contributed by atoms with E-state index in [0.717, 1.165) is 10.8 Å². The minimum Gasteiger partial charge on any atom is -0.490 e. The second kappa shape index (κ2) is 5.37. The van der Waals surface area contributed by atoms with Crippen molar-refractivity contribution < 1.29 is 24.8 Å². The molecule has 1 aliphatic heterocycles. The molecule has 0 aliphatic carbocycles. The number of hydrogen-bond acceptors (Lipinski definition) is 7. The van der Waals surface area contributed by atoms with E-state index in [9.17, 15) is 24.9 Å². The summed E-state index contributed by atoms with van der Waals surface area (Å²) < 4.78 is 11.0.